The molecule has 1 aliphatic heterocycles. The zero-order chi connectivity index (χ0) is 10.8. The topological polar surface area (TPSA) is 61.5 Å². The van der Waals surface area contributed by atoms with Crippen molar-refractivity contribution in [3.63, 3.8) is 0 Å². The predicted molar refractivity (Wildman–Crippen MR) is 61.8 cm³/mol. The Labute approximate surface area is 100 Å². The number of benzene rings is 1. The first-order chi connectivity index (χ1) is 7.22. The zero-order valence-corrected chi connectivity index (χ0v) is 9.70. The summed E-state index contributed by atoms with van der Waals surface area (Å²) in [5, 5.41) is 0. The van der Waals surface area contributed by atoms with E-state index in [0.29, 0.717) is 6.42 Å². The van der Waals surface area contributed by atoms with Crippen LogP contribution in [0.1, 0.15) is 5.56 Å². The largest absolute Gasteiger partial charge is 0.488 e. The number of esters is 1. The summed E-state index contributed by atoms with van der Waals surface area (Å²) in [6.07, 6.45) is 0.349. The molecule has 2 rings (SSSR count). The molecule has 2 N–H and O–H groups in total. The van der Waals surface area contributed by atoms with Gasteiger partial charge >= 0.3 is 5.97 Å². The summed E-state index contributed by atoms with van der Waals surface area (Å²) in [5.74, 6) is 0.370. The third kappa shape index (κ3) is 2.28. The van der Waals surface area contributed by atoms with Crippen molar-refractivity contribution in [3.8, 4) is 5.75 Å². The fraction of sp³-hybridized carbons (Fsp3) is 0.364. The number of hydrogen-bond donors (Lipinski definition) is 1. The van der Waals surface area contributed by atoms with Crippen LogP contribution in [0.15, 0.2) is 24.3 Å². The van der Waals surface area contributed by atoms with Crippen LogP contribution in [0, 0.1) is 0 Å². The van der Waals surface area contributed by atoms with E-state index in [2.05, 4.69) is 4.74 Å². The summed E-state index contributed by atoms with van der Waals surface area (Å²) in [6, 6.07) is 6.96. The van der Waals surface area contributed by atoms with Crippen LogP contribution in [0.5, 0.6) is 5.75 Å². The van der Waals surface area contributed by atoms with Crippen molar-refractivity contribution in [2.24, 2.45) is 5.73 Å². The Balaban J connectivity index is 0.00000128. The highest BCUT2D eigenvalue weighted by molar-refractivity contribution is 5.85. The Morgan fingerprint density at radius 1 is 1.56 bits per heavy atom. The molecule has 0 saturated carbocycles. The van der Waals surface area contributed by atoms with Crippen LogP contribution < -0.4 is 10.5 Å². The second kappa shape index (κ2) is 5.18. The Bertz CT molecular complexity index is 358. The lowest BCUT2D eigenvalue weighted by atomic mass is 10.1. The summed E-state index contributed by atoms with van der Waals surface area (Å²) >= 11 is 0. The first kappa shape index (κ1) is 12.8. The monoisotopic (exact) mass is 243 g/mol. The molecule has 1 heterocycles. The van der Waals surface area contributed by atoms with Gasteiger partial charge < -0.3 is 15.2 Å². The lowest BCUT2D eigenvalue weighted by Gasteiger charge is -2.16. The number of methoxy groups -OCH3 is 1. The maximum Gasteiger partial charge on any atom is 0.326 e. The van der Waals surface area contributed by atoms with Gasteiger partial charge in [0.2, 0.25) is 0 Å². The van der Waals surface area contributed by atoms with E-state index in [1.54, 1.807) is 0 Å². The molecular formula is C11H14ClNO3. The Hall–Kier alpha value is -1.26. The molecule has 4 nitrogen and oxygen atoms in total. The highest BCUT2D eigenvalue weighted by Crippen LogP contribution is 2.29. The molecule has 1 aliphatic rings. The van der Waals surface area contributed by atoms with Crippen LogP contribution in [-0.4, -0.2) is 25.2 Å². The van der Waals surface area contributed by atoms with E-state index in [1.165, 1.54) is 7.11 Å². The van der Waals surface area contributed by atoms with Crippen LogP contribution in [-0.2, 0) is 16.0 Å². The summed E-state index contributed by atoms with van der Waals surface area (Å²) < 4.78 is 10.1. The van der Waals surface area contributed by atoms with Crippen molar-refractivity contribution in [1.82, 2.24) is 0 Å². The van der Waals surface area contributed by atoms with Gasteiger partial charge in [-0.2, -0.15) is 0 Å². The van der Waals surface area contributed by atoms with Crippen LogP contribution in [0.2, 0.25) is 0 Å². The Morgan fingerprint density at radius 2 is 2.25 bits per heavy atom. The third-order valence-corrected chi connectivity index (χ3v) is 2.55. The standard InChI is InChI=1S/C11H13NO3.ClH/c1-14-11(13)10(12)9-6-7-4-2-3-5-8(7)15-9;/h2-5,9-10H,6,12H2,1H3;1H/t9-,10-;/m0./s1. The minimum atomic E-state index is -0.720. The molecular weight excluding hydrogens is 230 g/mol. The van der Waals surface area contributed by atoms with Crippen molar-refractivity contribution in [2.45, 2.75) is 18.6 Å². The van der Waals surface area contributed by atoms with Gasteiger partial charge in [0, 0.05) is 6.42 Å². The first-order valence-electron chi connectivity index (χ1n) is 4.80. The number of carbonyl (C=O) groups excluding carboxylic acids is 1. The number of halogens is 1. The average molecular weight is 244 g/mol. The maximum absolute atomic E-state index is 11.2. The summed E-state index contributed by atoms with van der Waals surface area (Å²) in [5.41, 5.74) is 6.80. The molecule has 0 fully saturated rings. The second-order valence-corrected chi connectivity index (χ2v) is 3.52. The number of hydrogen-bond acceptors (Lipinski definition) is 4. The molecule has 0 aromatic heterocycles. The Morgan fingerprint density at radius 3 is 2.88 bits per heavy atom. The second-order valence-electron chi connectivity index (χ2n) is 3.52. The van der Waals surface area contributed by atoms with E-state index in [0.717, 1.165) is 11.3 Å². The van der Waals surface area contributed by atoms with Gasteiger partial charge in [-0.3, -0.25) is 4.79 Å². The van der Waals surface area contributed by atoms with Gasteiger partial charge in [0.25, 0.3) is 0 Å². The van der Waals surface area contributed by atoms with Crippen LogP contribution in [0.4, 0.5) is 0 Å². The zero-order valence-electron chi connectivity index (χ0n) is 8.88. The number of fused-ring (bicyclic) bond motifs is 1. The molecule has 0 spiro atoms. The molecule has 0 saturated heterocycles. The molecule has 0 aliphatic carbocycles. The van der Waals surface area contributed by atoms with E-state index in [9.17, 15) is 4.79 Å². The van der Waals surface area contributed by atoms with Gasteiger partial charge in [-0.05, 0) is 11.6 Å². The van der Waals surface area contributed by atoms with E-state index in [4.69, 9.17) is 10.5 Å². The van der Waals surface area contributed by atoms with Gasteiger partial charge in [0.1, 0.15) is 17.9 Å². The third-order valence-electron chi connectivity index (χ3n) is 2.55. The number of nitrogens with two attached hydrogens (primary N) is 1. The van der Waals surface area contributed by atoms with Crippen molar-refractivity contribution in [2.75, 3.05) is 7.11 Å². The molecule has 1 aromatic rings. The molecule has 0 unspecified atom stereocenters. The SMILES string of the molecule is COC(=O)[C@@H](N)[C@@H]1Cc2ccccc2O1.Cl. The van der Waals surface area contributed by atoms with Gasteiger partial charge in [0.15, 0.2) is 0 Å². The quantitative estimate of drug-likeness (QED) is 0.785. The van der Waals surface area contributed by atoms with Crippen LogP contribution in [0.3, 0.4) is 0 Å². The average Bonchev–Trinajstić information content (AvgIpc) is 2.70. The van der Waals surface area contributed by atoms with Crippen LogP contribution in [0.25, 0.3) is 0 Å². The molecule has 0 bridgehead atoms. The number of carbonyl (C=O) groups is 1. The number of ether oxygens (including phenoxy) is 2. The first-order valence-corrected chi connectivity index (χ1v) is 4.80. The minimum absolute atomic E-state index is 0. The highest BCUT2D eigenvalue weighted by atomic mass is 35.5. The lowest BCUT2D eigenvalue weighted by Crippen LogP contribution is -2.45. The number of rotatable bonds is 2. The molecule has 0 amide bonds. The van der Waals surface area contributed by atoms with Gasteiger partial charge in [0.05, 0.1) is 7.11 Å². The minimum Gasteiger partial charge on any atom is -0.488 e. The van der Waals surface area contributed by atoms with Crippen molar-refractivity contribution in [3.05, 3.63) is 29.8 Å². The number of para-hydroxylation sites is 1. The van der Waals surface area contributed by atoms with E-state index in [-0.39, 0.29) is 18.5 Å². The molecule has 0 radical (unpaired) electrons. The summed E-state index contributed by atoms with van der Waals surface area (Å²) in [7, 11) is 1.32. The van der Waals surface area contributed by atoms with Crippen molar-refractivity contribution >= 4 is 18.4 Å². The van der Waals surface area contributed by atoms with Crippen molar-refractivity contribution < 1.29 is 14.3 Å². The Kier molecular flexibility index (Phi) is 4.15. The molecule has 1 aromatic carbocycles. The van der Waals surface area contributed by atoms with Gasteiger partial charge in [-0.15, -0.1) is 12.4 Å². The molecule has 5 heteroatoms. The van der Waals surface area contributed by atoms with E-state index in [1.807, 2.05) is 24.3 Å². The molecule has 16 heavy (non-hydrogen) atoms. The van der Waals surface area contributed by atoms with E-state index < -0.39 is 12.0 Å². The van der Waals surface area contributed by atoms with Crippen molar-refractivity contribution in [1.29, 1.82) is 0 Å². The molecule has 88 valence electrons. The summed E-state index contributed by atoms with van der Waals surface area (Å²) in [6.45, 7) is 0. The fourth-order valence-corrected chi connectivity index (χ4v) is 1.70. The predicted octanol–water partition coefficient (Wildman–Crippen LogP) is 0.912. The lowest BCUT2D eigenvalue weighted by molar-refractivity contribution is -0.144. The summed E-state index contributed by atoms with van der Waals surface area (Å²) in [4.78, 5) is 11.2. The fourth-order valence-electron chi connectivity index (χ4n) is 1.70. The maximum atomic E-state index is 11.2. The van der Waals surface area contributed by atoms with Gasteiger partial charge in [-0.1, -0.05) is 18.2 Å². The van der Waals surface area contributed by atoms with Crippen LogP contribution >= 0.6 is 12.4 Å². The van der Waals surface area contributed by atoms with Gasteiger partial charge in [-0.25, -0.2) is 0 Å². The van der Waals surface area contributed by atoms with E-state index >= 15 is 0 Å². The molecule has 2 atom stereocenters. The smallest absolute Gasteiger partial charge is 0.326 e. The normalized spacial score (nSPS) is 19.0. The highest BCUT2D eigenvalue weighted by Gasteiger charge is 2.32.